The lowest BCUT2D eigenvalue weighted by atomic mass is 10.1. The summed E-state index contributed by atoms with van der Waals surface area (Å²) in [6.07, 6.45) is 0. The van der Waals surface area contributed by atoms with E-state index in [0.29, 0.717) is 11.4 Å². The van der Waals surface area contributed by atoms with Crippen LogP contribution in [-0.4, -0.2) is 23.2 Å². The molecule has 1 amide bonds. The Bertz CT molecular complexity index is 610. The highest BCUT2D eigenvalue weighted by Gasteiger charge is 2.13. The fraction of sp³-hybridized carbons (Fsp3) is 0.0714. The van der Waals surface area contributed by atoms with E-state index < -0.39 is 5.91 Å². The molecule has 5 nitrogen and oxygen atoms in total. The normalized spacial score (nSPS) is 9.95. The molecule has 0 aromatic heterocycles. The Labute approximate surface area is 110 Å². The molecule has 0 unspecified atom stereocenters. The molecule has 3 N–H and O–H groups in total. The topological polar surface area (TPSA) is 78.8 Å². The number of aromatic hydroxyl groups is 2. The van der Waals surface area contributed by atoms with Gasteiger partial charge in [-0.1, -0.05) is 12.1 Å². The minimum Gasteiger partial charge on any atom is -0.508 e. The Morgan fingerprint density at radius 3 is 2.63 bits per heavy atom. The number of amides is 1. The van der Waals surface area contributed by atoms with Crippen LogP contribution in [-0.2, 0) is 0 Å². The highest BCUT2D eigenvalue weighted by Crippen LogP contribution is 2.26. The molecule has 0 heterocycles. The van der Waals surface area contributed by atoms with Crippen molar-refractivity contribution in [1.82, 2.24) is 0 Å². The zero-order valence-corrected chi connectivity index (χ0v) is 10.3. The molecule has 0 saturated heterocycles. The largest absolute Gasteiger partial charge is 0.508 e. The fourth-order valence-corrected chi connectivity index (χ4v) is 1.64. The molecule has 2 aromatic rings. The summed E-state index contributed by atoms with van der Waals surface area (Å²) >= 11 is 0. The van der Waals surface area contributed by atoms with Gasteiger partial charge in [-0.3, -0.25) is 4.79 Å². The van der Waals surface area contributed by atoms with Gasteiger partial charge in [0.15, 0.2) is 0 Å². The summed E-state index contributed by atoms with van der Waals surface area (Å²) in [7, 11) is 1.50. The first-order chi connectivity index (χ1) is 9.11. The second-order valence-corrected chi connectivity index (χ2v) is 3.86. The maximum Gasteiger partial charge on any atom is 0.259 e. The van der Waals surface area contributed by atoms with Crippen LogP contribution in [0.5, 0.6) is 17.2 Å². The van der Waals surface area contributed by atoms with Crippen molar-refractivity contribution >= 4 is 11.6 Å². The number of nitrogens with one attached hydrogen (secondary N) is 1. The lowest BCUT2D eigenvalue weighted by molar-refractivity contribution is 0.102. The Morgan fingerprint density at radius 1 is 1.16 bits per heavy atom. The Morgan fingerprint density at radius 2 is 1.89 bits per heavy atom. The second-order valence-electron chi connectivity index (χ2n) is 3.86. The van der Waals surface area contributed by atoms with Gasteiger partial charge in [0.05, 0.1) is 18.4 Å². The molecule has 0 bridgehead atoms. The molecule has 0 aliphatic rings. The smallest absolute Gasteiger partial charge is 0.259 e. The number of benzene rings is 2. The van der Waals surface area contributed by atoms with E-state index in [4.69, 9.17) is 4.74 Å². The van der Waals surface area contributed by atoms with Gasteiger partial charge in [-0.05, 0) is 30.3 Å². The van der Waals surface area contributed by atoms with Crippen molar-refractivity contribution in [1.29, 1.82) is 0 Å². The molecule has 0 atom stereocenters. The van der Waals surface area contributed by atoms with Gasteiger partial charge in [-0.15, -0.1) is 0 Å². The highest BCUT2D eigenvalue weighted by molar-refractivity contribution is 6.07. The first-order valence-electron chi connectivity index (χ1n) is 5.58. The number of para-hydroxylation sites is 2. The zero-order valence-electron chi connectivity index (χ0n) is 10.3. The van der Waals surface area contributed by atoms with Crippen molar-refractivity contribution in [3.8, 4) is 17.2 Å². The predicted molar refractivity (Wildman–Crippen MR) is 70.7 cm³/mol. The van der Waals surface area contributed by atoms with Crippen LogP contribution in [0.3, 0.4) is 0 Å². The van der Waals surface area contributed by atoms with Crippen LogP contribution in [0.1, 0.15) is 10.4 Å². The number of phenolic OH excluding ortho intramolecular Hbond substituents is 2. The number of hydrogen-bond donors (Lipinski definition) is 3. The summed E-state index contributed by atoms with van der Waals surface area (Å²) in [4.78, 5) is 12.0. The van der Waals surface area contributed by atoms with E-state index in [9.17, 15) is 15.0 Å². The Hall–Kier alpha value is -2.69. The monoisotopic (exact) mass is 259 g/mol. The Balaban J connectivity index is 2.28. The number of ether oxygens (including phenoxy) is 1. The third-order valence-corrected chi connectivity index (χ3v) is 2.58. The van der Waals surface area contributed by atoms with E-state index >= 15 is 0 Å². The van der Waals surface area contributed by atoms with E-state index in [1.165, 1.54) is 25.3 Å². The van der Waals surface area contributed by atoms with Crippen LogP contribution >= 0.6 is 0 Å². The van der Waals surface area contributed by atoms with Gasteiger partial charge in [0.1, 0.15) is 17.2 Å². The fourth-order valence-electron chi connectivity index (χ4n) is 1.64. The van der Waals surface area contributed by atoms with Crippen molar-refractivity contribution in [2.24, 2.45) is 0 Å². The van der Waals surface area contributed by atoms with Gasteiger partial charge in [-0.2, -0.15) is 0 Å². The molecule has 0 spiro atoms. The van der Waals surface area contributed by atoms with Crippen LogP contribution in [0.25, 0.3) is 0 Å². The molecule has 0 fully saturated rings. The maximum absolute atomic E-state index is 12.0. The van der Waals surface area contributed by atoms with Crippen molar-refractivity contribution in [3.05, 3.63) is 48.0 Å². The van der Waals surface area contributed by atoms with Crippen LogP contribution in [0.4, 0.5) is 5.69 Å². The van der Waals surface area contributed by atoms with Crippen LogP contribution in [0.15, 0.2) is 42.5 Å². The van der Waals surface area contributed by atoms with Gasteiger partial charge in [0, 0.05) is 0 Å². The minimum absolute atomic E-state index is 0.00842. The zero-order chi connectivity index (χ0) is 13.8. The van der Waals surface area contributed by atoms with Crippen LogP contribution in [0.2, 0.25) is 0 Å². The predicted octanol–water partition coefficient (Wildman–Crippen LogP) is 2.36. The van der Waals surface area contributed by atoms with E-state index in [2.05, 4.69) is 5.32 Å². The lowest BCUT2D eigenvalue weighted by Gasteiger charge is -2.10. The van der Waals surface area contributed by atoms with E-state index in [0.717, 1.165) is 0 Å². The molecule has 0 aliphatic carbocycles. The molecule has 19 heavy (non-hydrogen) atoms. The molecule has 98 valence electrons. The summed E-state index contributed by atoms with van der Waals surface area (Å²) in [5.74, 6) is -0.318. The molecule has 2 aromatic carbocycles. The van der Waals surface area contributed by atoms with E-state index in [-0.39, 0.29) is 17.1 Å². The number of methoxy groups -OCH3 is 1. The van der Waals surface area contributed by atoms with E-state index in [1.807, 2.05) is 0 Å². The summed E-state index contributed by atoms with van der Waals surface area (Å²) in [6, 6.07) is 10.7. The van der Waals surface area contributed by atoms with Crippen molar-refractivity contribution < 1.29 is 19.7 Å². The van der Waals surface area contributed by atoms with Gasteiger partial charge >= 0.3 is 0 Å². The summed E-state index contributed by atoms with van der Waals surface area (Å²) in [5, 5.41) is 21.6. The van der Waals surface area contributed by atoms with Gasteiger partial charge < -0.3 is 20.3 Å². The van der Waals surface area contributed by atoms with Gasteiger partial charge in [-0.25, -0.2) is 0 Å². The Kier molecular flexibility index (Phi) is 3.56. The van der Waals surface area contributed by atoms with Crippen molar-refractivity contribution in [2.75, 3.05) is 12.4 Å². The number of carbonyl (C=O) groups is 1. The number of phenols is 2. The second kappa shape index (κ2) is 5.30. The maximum atomic E-state index is 12.0. The molecule has 5 heteroatoms. The van der Waals surface area contributed by atoms with Crippen molar-refractivity contribution in [3.63, 3.8) is 0 Å². The van der Waals surface area contributed by atoms with Crippen molar-refractivity contribution in [2.45, 2.75) is 0 Å². The average Bonchev–Trinajstić information content (AvgIpc) is 2.42. The molecule has 2 rings (SSSR count). The average molecular weight is 259 g/mol. The third-order valence-electron chi connectivity index (χ3n) is 2.58. The number of rotatable bonds is 3. The van der Waals surface area contributed by atoms with Crippen LogP contribution in [0, 0.1) is 0 Å². The standard InChI is InChI=1S/C14H13NO4/c1-19-13-5-3-2-4-11(13)15-14(18)10-8-9(16)6-7-12(10)17/h2-8,16-17H,1H3,(H,15,18). The van der Waals surface area contributed by atoms with Gasteiger partial charge in [0.25, 0.3) is 5.91 Å². The first kappa shape index (κ1) is 12.8. The third kappa shape index (κ3) is 2.77. The number of hydrogen-bond acceptors (Lipinski definition) is 4. The molecular formula is C14H13NO4. The SMILES string of the molecule is COc1ccccc1NC(=O)c1cc(O)ccc1O. The minimum atomic E-state index is -0.530. The molecule has 0 saturated carbocycles. The molecule has 0 radical (unpaired) electrons. The lowest BCUT2D eigenvalue weighted by Crippen LogP contribution is -2.12. The quantitative estimate of drug-likeness (QED) is 0.739. The molecular weight excluding hydrogens is 246 g/mol. The van der Waals surface area contributed by atoms with Gasteiger partial charge in [0.2, 0.25) is 0 Å². The number of anilines is 1. The van der Waals surface area contributed by atoms with E-state index in [1.54, 1.807) is 24.3 Å². The summed E-state index contributed by atoms with van der Waals surface area (Å²) < 4.78 is 5.11. The first-order valence-corrected chi connectivity index (χ1v) is 5.58. The summed E-state index contributed by atoms with van der Waals surface area (Å²) in [5.41, 5.74) is 0.476. The highest BCUT2D eigenvalue weighted by atomic mass is 16.5. The summed E-state index contributed by atoms with van der Waals surface area (Å²) in [6.45, 7) is 0. The molecule has 0 aliphatic heterocycles. The number of carbonyl (C=O) groups excluding carboxylic acids is 1. The van der Waals surface area contributed by atoms with Crippen LogP contribution < -0.4 is 10.1 Å².